The standard InChI is InChI=1S/C35H38N12O5.C2H6.CH4O/c1-6-46-26(14-19(3)42-46)32(50)40-34-38-23-16-21(30(36)48)10-11-25(23)44(34)12-8-9-13-45-29-24(17-22(31(37)49)18-28(29)52-5)39-35(45)41-33(51)27-15-20(4)43-47(27)7-2;2*1-2/h8-11,14-18H,6-7,12-13H2,1-5H3,(H2,36,48)(H2,37,49)(H,38,40,50)(H,39,41,51);1-2H3;2H,1H3/b9-8+;;. The molecule has 0 spiro atoms. The smallest absolute Gasteiger partial charge is 0.276 e. The van der Waals surface area contributed by atoms with Crippen molar-refractivity contribution < 1.29 is 29.0 Å². The summed E-state index contributed by atoms with van der Waals surface area (Å²) in [4.78, 5) is 60.2. The van der Waals surface area contributed by atoms with Crippen LogP contribution in [-0.4, -0.2) is 81.6 Å². The zero-order chi connectivity index (χ0) is 41.3. The summed E-state index contributed by atoms with van der Waals surface area (Å²) in [6, 6.07) is 11.3. The van der Waals surface area contributed by atoms with Crippen molar-refractivity contribution in [3.63, 3.8) is 0 Å². The van der Waals surface area contributed by atoms with Crippen LogP contribution in [0.3, 0.4) is 0 Å². The number of hydrogen-bond donors (Lipinski definition) is 5. The molecule has 0 aliphatic carbocycles. The fourth-order valence-corrected chi connectivity index (χ4v) is 5.99. The van der Waals surface area contributed by atoms with Gasteiger partial charge in [-0.3, -0.25) is 39.2 Å². The molecule has 18 nitrogen and oxygen atoms in total. The largest absolute Gasteiger partial charge is 0.494 e. The van der Waals surface area contributed by atoms with Crippen molar-refractivity contribution in [1.29, 1.82) is 0 Å². The van der Waals surface area contributed by atoms with Crippen LogP contribution in [0.15, 0.2) is 54.6 Å². The Morgan fingerprint density at radius 2 is 1.21 bits per heavy atom. The first-order valence-corrected chi connectivity index (χ1v) is 17.9. The van der Waals surface area contributed by atoms with Crippen LogP contribution in [-0.2, 0) is 26.2 Å². The molecule has 0 fully saturated rings. The first-order chi connectivity index (χ1) is 26.9. The number of fused-ring (bicyclic) bond motifs is 2. The van der Waals surface area contributed by atoms with Crippen LogP contribution in [0.1, 0.15) is 80.8 Å². The summed E-state index contributed by atoms with van der Waals surface area (Å²) >= 11 is 0. The van der Waals surface area contributed by atoms with Crippen LogP contribution in [0.2, 0.25) is 0 Å². The van der Waals surface area contributed by atoms with E-state index in [-0.39, 0.29) is 36.1 Å². The lowest BCUT2D eigenvalue weighted by Crippen LogP contribution is -2.20. The summed E-state index contributed by atoms with van der Waals surface area (Å²) < 4.78 is 12.4. The zero-order valence-corrected chi connectivity index (χ0v) is 32.7. The van der Waals surface area contributed by atoms with Gasteiger partial charge in [0.2, 0.25) is 23.7 Å². The van der Waals surface area contributed by atoms with Crippen molar-refractivity contribution >= 4 is 57.6 Å². The molecule has 6 aromatic rings. The summed E-state index contributed by atoms with van der Waals surface area (Å²) in [6.07, 6.45) is 3.71. The van der Waals surface area contributed by atoms with Gasteiger partial charge in [0.25, 0.3) is 11.8 Å². The number of anilines is 2. The van der Waals surface area contributed by atoms with Gasteiger partial charge in [0, 0.05) is 44.4 Å². The highest BCUT2D eigenvalue weighted by atomic mass is 16.5. The lowest BCUT2D eigenvalue weighted by molar-refractivity contribution is 0.0992. The summed E-state index contributed by atoms with van der Waals surface area (Å²) in [7, 11) is 2.46. The van der Waals surface area contributed by atoms with Crippen molar-refractivity contribution in [3.8, 4) is 5.75 Å². The molecular weight excluding hydrogens is 720 g/mol. The number of carbonyl (C=O) groups is 4. The number of benzene rings is 2. The Morgan fingerprint density at radius 1 is 0.732 bits per heavy atom. The number of primary amides is 2. The molecule has 7 N–H and O–H groups in total. The first kappa shape index (κ1) is 41.9. The number of nitrogens with two attached hydrogens (primary N) is 2. The molecule has 4 heterocycles. The number of aliphatic hydroxyl groups is 1. The summed E-state index contributed by atoms with van der Waals surface area (Å²) in [6.45, 7) is 12.8. The minimum absolute atomic E-state index is 0.195. The van der Waals surface area contributed by atoms with Gasteiger partial charge in [-0.15, -0.1) is 0 Å². The number of aromatic nitrogens is 8. The molecule has 4 aromatic heterocycles. The van der Waals surface area contributed by atoms with Gasteiger partial charge in [-0.2, -0.15) is 10.2 Å². The van der Waals surface area contributed by atoms with Gasteiger partial charge in [-0.05, 0) is 70.2 Å². The van der Waals surface area contributed by atoms with Crippen molar-refractivity contribution in [2.24, 2.45) is 11.5 Å². The zero-order valence-electron chi connectivity index (χ0n) is 32.7. The van der Waals surface area contributed by atoms with Gasteiger partial charge in [-0.1, -0.05) is 26.0 Å². The van der Waals surface area contributed by atoms with E-state index >= 15 is 0 Å². The number of allylic oxidation sites excluding steroid dienone is 2. The van der Waals surface area contributed by atoms with Gasteiger partial charge in [0.1, 0.15) is 22.7 Å². The van der Waals surface area contributed by atoms with E-state index in [0.29, 0.717) is 63.7 Å². The van der Waals surface area contributed by atoms with Gasteiger partial charge >= 0.3 is 0 Å². The second kappa shape index (κ2) is 18.5. The van der Waals surface area contributed by atoms with Crippen LogP contribution in [0.25, 0.3) is 22.1 Å². The van der Waals surface area contributed by atoms with Gasteiger partial charge in [-0.25, -0.2) is 9.97 Å². The second-order valence-electron chi connectivity index (χ2n) is 11.9. The molecule has 0 radical (unpaired) electrons. The third kappa shape index (κ3) is 8.76. The van der Waals surface area contributed by atoms with Crippen molar-refractivity contribution in [3.05, 3.63) is 88.5 Å². The number of rotatable bonds is 13. The minimum atomic E-state index is -0.657. The highest BCUT2D eigenvalue weighted by Crippen LogP contribution is 2.31. The first-order valence-electron chi connectivity index (χ1n) is 17.9. The fraction of sp³-hybridized carbons (Fsp3) is 0.316. The molecule has 0 saturated heterocycles. The van der Waals surface area contributed by atoms with Crippen LogP contribution in [0, 0.1) is 13.8 Å². The van der Waals surface area contributed by atoms with Crippen LogP contribution in [0.4, 0.5) is 11.9 Å². The Hall–Kier alpha value is -6.82. The molecule has 296 valence electrons. The monoisotopic (exact) mass is 768 g/mol. The van der Waals surface area contributed by atoms with E-state index in [4.69, 9.17) is 21.3 Å². The molecule has 0 aliphatic heterocycles. The molecular formula is C38H48N12O6. The number of ether oxygens (including phenoxy) is 1. The maximum Gasteiger partial charge on any atom is 0.276 e. The van der Waals surface area contributed by atoms with E-state index in [9.17, 15) is 19.2 Å². The van der Waals surface area contributed by atoms with Gasteiger partial charge in [0.15, 0.2) is 0 Å². The molecule has 18 heteroatoms. The number of methoxy groups -OCH3 is 1. The number of imidazole rings is 2. The van der Waals surface area contributed by atoms with Gasteiger partial charge < -0.3 is 30.4 Å². The lowest BCUT2D eigenvalue weighted by atomic mass is 10.1. The number of carbonyl (C=O) groups excluding carboxylic acids is 4. The Balaban J connectivity index is 0.00000169. The molecule has 0 bridgehead atoms. The molecule has 2 aromatic carbocycles. The molecule has 4 amide bonds. The van der Waals surface area contributed by atoms with E-state index in [1.807, 2.05) is 46.8 Å². The van der Waals surface area contributed by atoms with E-state index in [1.54, 1.807) is 55.8 Å². The molecule has 0 unspecified atom stereocenters. The average Bonchev–Trinajstić information content (AvgIpc) is 3.96. The summed E-state index contributed by atoms with van der Waals surface area (Å²) in [5, 5.41) is 21.5. The highest BCUT2D eigenvalue weighted by molar-refractivity contribution is 6.05. The third-order valence-corrected chi connectivity index (χ3v) is 8.41. The fourth-order valence-electron chi connectivity index (χ4n) is 5.99. The number of aryl methyl sites for hydroxylation is 4. The maximum atomic E-state index is 13.5. The molecule has 0 aliphatic rings. The molecule has 56 heavy (non-hydrogen) atoms. The number of hydrogen-bond acceptors (Lipinski definition) is 10. The van der Waals surface area contributed by atoms with Crippen molar-refractivity contribution in [2.75, 3.05) is 24.9 Å². The maximum absolute atomic E-state index is 13.5. The number of aliphatic hydroxyl groups excluding tert-OH is 1. The predicted octanol–water partition coefficient (Wildman–Crippen LogP) is 4.04. The normalized spacial score (nSPS) is 10.9. The van der Waals surface area contributed by atoms with Crippen LogP contribution >= 0.6 is 0 Å². The third-order valence-electron chi connectivity index (χ3n) is 8.41. The Labute approximate surface area is 323 Å². The minimum Gasteiger partial charge on any atom is -0.494 e. The van der Waals surface area contributed by atoms with Crippen LogP contribution in [0.5, 0.6) is 5.75 Å². The molecule has 6 rings (SSSR count). The SMILES string of the molecule is CC.CCn1nc(C)cc1C(=O)Nc1nc2cc(C(N)=O)ccc2n1C/C=C/Cn1c(NC(=O)c2cc(C)nn2CC)nc2cc(C(N)=O)cc(OC)c21.CO. The van der Waals surface area contributed by atoms with E-state index in [1.165, 1.54) is 19.2 Å². The van der Waals surface area contributed by atoms with Crippen molar-refractivity contribution in [1.82, 2.24) is 38.7 Å². The van der Waals surface area contributed by atoms with Crippen LogP contribution < -0.4 is 26.8 Å². The number of amides is 4. The quantitative estimate of drug-likeness (QED) is 0.106. The number of nitrogens with one attached hydrogen (secondary N) is 2. The Kier molecular flexibility index (Phi) is 13.8. The average molecular weight is 769 g/mol. The summed E-state index contributed by atoms with van der Waals surface area (Å²) in [5.41, 5.74) is 15.7. The highest BCUT2D eigenvalue weighted by Gasteiger charge is 2.22. The molecule has 0 saturated carbocycles. The topological polar surface area (TPSA) is 245 Å². The predicted molar refractivity (Wildman–Crippen MR) is 213 cm³/mol. The van der Waals surface area contributed by atoms with Crippen molar-refractivity contribution in [2.45, 2.75) is 67.7 Å². The lowest BCUT2D eigenvalue weighted by Gasteiger charge is -2.11. The van der Waals surface area contributed by atoms with E-state index in [0.717, 1.165) is 7.11 Å². The molecule has 0 atom stereocenters. The summed E-state index contributed by atoms with van der Waals surface area (Å²) in [5.74, 6) is -1.30. The van der Waals surface area contributed by atoms with E-state index < -0.39 is 23.6 Å². The number of nitrogens with zero attached hydrogens (tertiary/aromatic N) is 8. The second-order valence-corrected chi connectivity index (χ2v) is 11.9. The van der Waals surface area contributed by atoms with Gasteiger partial charge in [0.05, 0.1) is 35.0 Å². The Morgan fingerprint density at radius 3 is 1.71 bits per heavy atom. The Bertz CT molecular complexity index is 2420. The van der Waals surface area contributed by atoms with E-state index in [2.05, 4.69) is 30.8 Å².